The number of nitrogens with zero attached hydrogens (tertiary/aromatic N) is 3. The second kappa shape index (κ2) is 18.4. The number of anilines is 8. The lowest BCUT2D eigenvalue weighted by molar-refractivity contribution is -0.00533. The van der Waals surface area contributed by atoms with E-state index in [2.05, 4.69) is 146 Å². The van der Waals surface area contributed by atoms with E-state index >= 15 is 0 Å². The summed E-state index contributed by atoms with van der Waals surface area (Å²) in [6.45, 7) is 0.0387. The predicted octanol–water partition coefficient (Wildman–Crippen LogP) is 15.5. The lowest BCUT2D eigenvalue weighted by Gasteiger charge is -2.57. The Morgan fingerprint density at radius 2 is 0.763 bits per heavy atom. The maximum atomic E-state index is 7.58. The highest BCUT2D eigenvalue weighted by Crippen LogP contribution is 2.65. The molecule has 0 radical (unpaired) electrons. The number of nitrogens with one attached hydrogen (secondary N) is 1. The minimum atomic E-state index is -0.0161. The highest BCUT2D eigenvalue weighted by atomic mass is 32.2. The van der Waals surface area contributed by atoms with Crippen LogP contribution in [-0.2, 0) is 16.2 Å². The number of thiophene rings is 2. The fourth-order valence-corrected chi connectivity index (χ4v) is 30.6. The first-order chi connectivity index (χ1) is 45.6. The lowest BCUT2D eigenvalue weighted by atomic mass is 9.30. The molecule has 460 valence electrons. The fraction of sp³-hybridized carbons (Fsp3) is 0.418. The van der Waals surface area contributed by atoms with Gasteiger partial charge in [0, 0.05) is 76.9 Å². The van der Waals surface area contributed by atoms with E-state index in [-0.39, 0.29) is 36.4 Å². The topological polar surface area (TPSA) is 40.2 Å². The van der Waals surface area contributed by atoms with Crippen LogP contribution in [-0.4, -0.2) is 38.9 Å². The van der Waals surface area contributed by atoms with E-state index < -0.39 is 0 Å². The summed E-state index contributed by atoms with van der Waals surface area (Å²) in [5.74, 6) is 12.0. The van der Waals surface area contributed by atoms with E-state index in [9.17, 15) is 0 Å². The Kier molecular flexibility index (Phi) is 10.6. The Hall–Kier alpha value is -5.50. The van der Waals surface area contributed by atoms with Crippen LogP contribution in [0.2, 0.25) is 0 Å². The summed E-state index contributed by atoms with van der Waals surface area (Å²) in [4.78, 5) is 0. The number of benzene rings is 7. The van der Waals surface area contributed by atoms with Crippen molar-refractivity contribution in [2.24, 2.45) is 53.3 Å². The van der Waals surface area contributed by atoms with E-state index in [4.69, 9.17) is 9.47 Å². The van der Waals surface area contributed by atoms with Gasteiger partial charge in [0.1, 0.15) is 23.0 Å². The van der Waals surface area contributed by atoms with Crippen molar-refractivity contribution in [3.05, 3.63) is 126 Å². The summed E-state index contributed by atoms with van der Waals surface area (Å²) >= 11 is 9.68. The molecule has 0 spiro atoms. The third-order valence-corrected chi connectivity index (χ3v) is 32.8. The molecule has 6 nitrogen and oxygen atoms in total. The Balaban J connectivity index is 0.748. The van der Waals surface area contributed by atoms with Crippen molar-refractivity contribution in [1.29, 1.82) is 0 Å². The number of ether oxygens (including phenoxy) is 2. The van der Waals surface area contributed by atoms with Gasteiger partial charge in [0.25, 0.3) is 20.1 Å². The molecule has 0 atom stereocenters. The summed E-state index contributed by atoms with van der Waals surface area (Å²) in [6.07, 6.45) is 32.0. The average Bonchev–Trinajstić information content (AvgIpc) is 0.870. The average molecular weight is 1300 g/mol. The van der Waals surface area contributed by atoms with Crippen LogP contribution in [0.3, 0.4) is 0 Å². The Morgan fingerprint density at radius 1 is 0.387 bits per heavy atom. The SMILES string of the molecule is CSN1c2cc3c(cc2B2c4sc5ccccc5c4Oc4cc(C56CC7CC(CC(C7)C5)C6)cc1c42)B1c2cc4c(cc2N(SC)c2cc(C56CC7CC(CC(C7)C5)C6)cc(c21)N3SC)Nc1cc(C23CC5CC(CC(C5)C2)C3)cc2c1B4c1sc3ccccc3c1O2. The molecule has 0 saturated heterocycles. The van der Waals surface area contributed by atoms with Gasteiger partial charge in [-0.2, -0.15) is 0 Å². The third kappa shape index (κ3) is 6.98. The first-order valence-electron chi connectivity index (χ1n) is 35.7. The maximum absolute atomic E-state index is 7.58. The van der Waals surface area contributed by atoms with Gasteiger partial charge in [-0.25, -0.2) is 0 Å². The Labute approximate surface area is 568 Å². The van der Waals surface area contributed by atoms with E-state index in [1.54, 1.807) is 11.1 Å². The molecule has 12 fully saturated rings. The molecule has 12 bridgehead atoms. The molecule has 18 aliphatic rings. The highest BCUT2D eigenvalue weighted by molar-refractivity contribution is 8.01. The zero-order chi connectivity index (χ0) is 60.4. The van der Waals surface area contributed by atoms with Crippen LogP contribution in [0.25, 0.3) is 20.2 Å². The molecule has 2 aromatic heterocycles. The van der Waals surface area contributed by atoms with Gasteiger partial charge in [-0.3, -0.25) is 12.9 Å². The van der Waals surface area contributed by atoms with Crippen molar-refractivity contribution in [2.75, 3.05) is 37.0 Å². The molecule has 14 heteroatoms. The number of hydrogen-bond acceptors (Lipinski definition) is 11. The largest absolute Gasteiger partial charge is 0.457 e. The summed E-state index contributed by atoms with van der Waals surface area (Å²) in [7, 11) is 0. The molecule has 1 N–H and O–H groups in total. The molecule has 93 heavy (non-hydrogen) atoms. The van der Waals surface area contributed by atoms with Crippen LogP contribution in [0.4, 0.5) is 45.5 Å². The summed E-state index contributed by atoms with van der Waals surface area (Å²) in [5, 5.41) is 6.83. The fourth-order valence-electron chi connectivity index (χ4n) is 26.0. The van der Waals surface area contributed by atoms with Gasteiger partial charge in [0.2, 0.25) is 0 Å². The molecule has 0 amide bonds. The lowest BCUT2D eigenvalue weighted by Crippen LogP contribution is -2.65. The highest BCUT2D eigenvalue weighted by Gasteiger charge is 2.58. The molecule has 7 aromatic carbocycles. The van der Waals surface area contributed by atoms with Crippen LogP contribution in [0, 0.1) is 53.3 Å². The Morgan fingerprint density at radius 3 is 1.23 bits per heavy atom. The molecule has 6 aliphatic heterocycles. The van der Waals surface area contributed by atoms with Gasteiger partial charge >= 0.3 is 0 Å². The smallest absolute Gasteiger partial charge is 0.268 e. The van der Waals surface area contributed by atoms with Crippen molar-refractivity contribution in [1.82, 2.24) is 0 Å². The van der Waals surface area contributed by atoms with E-state index in [1.165, 1.54) is 235 Å². The van der Waals surface area contributed by atoms with Crippen LogP contribution < -0.4 is 75.5 Å². The zero-order valence-electron chi connectivity index (χ0n) is 53.2. The summed E-state index contributed by atoms with van der Waals surface area (Å²) < 4.78 is 28.5. The van der Waals surface area contributed by atoms with Gasteiger partial charge < -0.3 is 14.8 Å². The van der Waals surface area contributed by atoms with Crippen LogP contribution in [0.15, 0.2) is 109 Å². The van der Waals surface area contributed by atoms with E-state index in [1.807, 2.05) is 58.5 Å². The monoisotopic (exact) mass is 1300 g/mol. The predicted molar refractivity (Wildman–Crippen MR) is 400 cm³/mol. The van der Waals surface area contributed by atoms with Gasteiger partial charge in [-0.1, -0.05) is 36.4 Å². The quantitative estimate of drug-likeness (QED) is 0.130. The van der Waals surface area contributed by atoms with Gasteiger partial charge in [0.15, 0.2) is 0 Å². The van der Waals surface area contributed by atoms with Crippen molar-refractivity contribution >= 4 is 192 Å². The molecule has 27 rings (SSSR count). The first kappa shape index (κ1) is 53.6. The molecular weight excluding hydrogens is 1230 g/mol. The minimum absolute atomic E-state index is 0.0161. The Bertz CT molecular complexity index is 4810. The van der Waals surface area contributed by atoms with E-state index in [0.29, 0.717) is 0 Å². The molecule has 9 aromatic rings. The minimum Gasteiger partial charge on any atom is -0.457 e. The van der Waals surface area contributed by atoms with Crippen molar-refractivity contribution in [2.45, 2.75) is 132 Å². The molecule has 12 aliphatic carbocycles. The second-order valence-electron chi connectivity index (χ2n) is 33.0. The standard InChI is InChI=1S/C79H73B3N4O2S5/c1-89-84-60-29-58-54(81-70-59(83-58)21-49(77-31-40-12-41(32-77)14-42(13-40)33-77)25-66(70)87-73-52-8-4-6-10-68(52)92-75(73)81)27-55(60)80-56-28-57-62(30-61(56)85(90-2)64-23-50(22-63(84)71(64)80)78-34-43-15-44(35-78)17-45(16-43)36-78)86(91-3)65-24-51(79-37-46-18-47(38-79)20-48(19-46)39-79)26-67-72(65)82(57)76-74(88-67)53-9-5-7-11-69(53)93-76/h4-11,21-30,40-48,83H,12-20,31-39H2,1-3H3. The van der Waals surface area contributed by atoms with Crippen molar-refractivity contribution in [3.63, 3.8) is 0 Å². The maximum Gasteiger partial charge on any atom is 0.268 e. The third-order valence-electron chi connectivity index (χ3n) is 28.1. The van der Waals surface area contributed by atoms with Gasteiger partial charge in [-0.15, -0.1) is 22.7 Å². The van der Waals surface area contributed by atoms with E-state index in [0.717, 1.165) is 76.3 Å². The van der Waals surface area contributed by atoms with Crippen LogP contribution >= 0.6 is 58.5 Å². The van der Waals surface area contributed by atoms with Crippen LogP contribution in [0.5, 0.6) is 23.0 Å². The summed E-state index contributed by atoms with van der Waals surface area (Å²) in [6, 6.07) is 45.1. The molecule has 0 unspecified atom stereocenters. The number of hydrogen-bond donors (Lipinski definition) is 1. The molecule has 8 heterocycles. The number of rotatable bonds is 6. The number of fused-ring (bicyclic) bond motifs is 16. The normalized spacial score (nSPS) is 31.8. The molecular formula is C79H73B3N4O2S5. The second-order valence-corrected chi connectivity index (χ2v) is 37.3. The van der Waals surface area contributed by atoms with Gasteiger partial charge in [0.05, 0.1) is 17.1 Å². The van der Waals surface area contributed by atoms with Crippen molar-refractivity contribution < 1.29 is 9.47 Å². The first-order valence-corrected chi connectivity index (χ1v) is 40.9. The zero-order valence-corrected chi connectivity index (χ0v) is 57.3. The van der Waals surface area contributed by atoms with Crippen LogP contribution in [0.1, 0.15) is 132 Å². The van der Waals surface area contributed by atoms with Crippen molar-refractivity contribution in [3.8, 4) is 23.0 Å². The summed E-state index contributed by atoms with van der Waals surface area (Å²) in [5.41, 5.74) is 25.8. The molecule has 12 saturated carbocycles. The van der Waals surface area contributed by atoms with Gasteiger partial charge in [-0.05, 0) is 349 Å².